The van der Waals surface area contributed by atoms with E-state index in [-0.39, 0.29) is 24.8 Å². The summed E-state index contributed by atoms with van der Waals surface area (Å²) in [6.07, 6.45) is -0.471. The molecule has 17 heavy (non-hydrogen) atoms. The molecule has 1 aliphatic rings. The molecule has 2 heterocycles. The highest BCUT2D eigenvalue weighted by Gasteiger charge is 2.35. The zero-order chi connectivity index (χ0) is 12.4. The number of rotatable bonds is 4. The largest absolute Gasteiger partial charge is 0.387 e. The summed E-state index contributed by atoms with van der Waals surface area (Å²) in [5.74, 6) is -0.412. The van der Waals surface area contributed by atoms with Gasteiger partial charge in [0, 0.05) is 13.6 Å². The van der Waals surface area contributed by atoms with Crippen molar-refractivity contribution in [2.45, 2.75) is 18.6 Å². The van der Waals surface area contributed by atoms with E-state index in [9.17, 15) is 14.7 Å². The van der Waals surface area contributed by atoms with E-state index in [4.69, 9.17) is 0 Å². The van der Waals surface area contributed by atoms with Gasteiger partial charge in [-0.15, -0.1) is 0 Å². The summed E-state index contributed by atoms with van der Waals surface area (Å²) in [5, 5.41) is 16.5. The number of likely N-dealkylation sites (N-methyl/N-ethyl adjacent to an activating group) is 1. The van der Waals surface area contributed by atoms with E-state index < -0.39 is 12.1 Å². The Bertz CT molecular complexity index is 418. The Morgan fingerprint density at radius 2 is 2.41 bits per heavy atom. The second kappa shape index (κ2) is 4.95. The Hall–Kier alpha value is -1.24. The number of aliphatic hydroxyl groups excluding tert-OH is 1. The molecule has 92 valence electrons. The lowest BCUT2D eigenvalue weighted by Crippen LogP contribution is -2.39. The van der Waals surface area contributed by atoms with Crippen molar-refractivity contribution < 1.29 is 14.7 Å². The van der Waals surface area contributed by atoms with Crippen LogP contribution in [0.3, 0.4) is 0 Å². The number of hydrogen-bond acceptors (Lipinski definition) is 5. The van der Waals surface area contributed by atoms with Crippen LogP contribution in [0.15, 0.2) is 16.8 Å². The molecule has 1 aromatic rings. The molecular formula is C11H14N2O3S. The zero-order valence-electron chi connectivity index (χ0n) is 9.42. The van der Waals surface area contributed by atoms with Gasteiger partial charge in [0.1, 0.15) is 0 Å². The molecule has 2 unspecified atom stereocenters. The van der Waals surface area contributed by atoms with E-state index in [2.05, 4.69) is 5.32 Å². The molecule has 0 aliphatic carbocycles. The topological polar surface area (TPSA) is 69.6 Å². The van der Waals surface area contributed by atoms with Crippen LogP contribution < -0.4 is 5.32 Å². The summed E-state index contributed by atoms with van der Waals surface area (Å²) in [6, 6.07) is 1.34. The van der Waals surface area contributed by atoms with Gasteiger partial charge in [0.2, 0.25) is 11.8 Å². The van der Waals surface area contributed by atoms with Gasteiger partial charge in [0.15, 0.2) is 0 Å². The van der Waals surface area contributed by atoms with Crippen LogP contribution in [0.4, 0.5) is 0 Å². The maximum absolute atomic E-state index is 11.6. The number of carbonyl (C=O) groups excluding carboxylic acids is 2. The van der Waals surface area contributed by atoms with E-state index >= 15 is 0 Å². The SMILES string of the molecule is CN1C(=O)CC(NCC(O)c2ccsc2)C1=O. The van der Waals surface area contributed by atoms with Crippen LogP contribution in [0.25, 0.3) is 0 Å². The second-order valence-corrected chi connectivity index (χ2v) is 4.81. The van der Waals surface area contributed by atoms with Crippen LogP contribution in [0, 0.1) is 0 Å². The van der Waals surface area contributed by atoms with Gasteiger partial charge in [-0.2, -0.15) is 11.3 Å². The smallest absolute Gasteiger partial charge is 0.246 e. The molecule has 0 radical (unpaired) electrons. The van der Waals surface area contributed by atoms with Crippen molar-refractivity contribution >= 4 is 23.2 Å². The monoisotopic (exact) mass is 254 g/mol. The van der Waals surface area contributed by atoms with E-state index in [1.165, 1.54) is 18.4 Å². The fourth-order valence-electron chi connectivity index (χ4n) is 1.75. The first-order valence-electron chi connectivity index (χ1n) is 5.33. The van der Waals surface area contributed by atoms with E-state index in [0.717, 1.165) is 10.5 Å². The molecule has 0 spiro atoms. The Balaban J connectivity index is 1.87. The van der Waals surface area contributed by atoms with Gasteiger partial charge in [-0.1, -0.05) is 0 Å². The molecule has 2 atom stereocenters. The van der Waals surface area contributed by atoms with Crippen LogP contribution in [0.5, 0.6) is 0 Å². The predicted molar refractivity (Wildman–Crippen MR) is 63.5 cm³/mol. The minimum absolute atomic E-state index is 0.172. The fourth-order valence-corrected chi connectivity index (χ4v) is 2.46. The van der Waals surface area contributed by atoms with Gasteiger partial charge in [-0.05, 0) is 22.4 Å². The van der Waals surface area contributed by atoms with Crippen LogP contribution in [0.2, 0.25) is 0 Å². The van der Waals surface area contributed by atoms with Gasteiger partial charge < -0.3 is 10.4 Å². The van der Waals surface area contributed by atoms with Gasteiger partial charge in [0.05, 0.1) is 18.6 Å². The van der Waals surface area contributed by atoms with Crippen LogP contribution in [-0.2, 0) is 9.59 Å². The summed E-state index contributed by atoms with van der Waals surface area (Å²) in [6.45, 7) is 0.272. The number of imide groups is 1. The van der Waals surface area contributed by atoms with Crippen LogP contribution >= 0.6 is 11.3 Å². The highest BCUT2D eigenvalue weighted by molar-refractivity contribution is 7.07. The predicted octanol–water partition coefficient (Wildman–Crippen LogP) is 0.128. The number of hydrogen-bond donors (Lipinski definition) is 2. The quantitative estimate of drug-likeness (QED) is 0.749. The molecule has 5 nitrogen and oxygen atoms in total. The van der Waals surface area contributed by atoms with Crippen molar-refractivity contribution in [2.75, 3.05) is 13.6 Å². The number of carbonyl (C=O) groups is 2. The maximum atomic E-state index is 11.6. The average molecular weight is 254 g/mol. The first kappa shape index (κ1) is 12.2. The van der Waals surface area contributed by atoms with Crippen LogP contribution in [-0.4, -0.2) is 41.5 Å². The molecule has 2 N–H and O–H groups in total. The normalized spacial score (nSPS) is 22.2. The number of likely N-dealkylation sites (tertiary alicyclic amines) is 1. The molecule has 1 aromatic heterocycles. The van der Waals surface area contributed by atoms with E-state index in [1.54, 1.807) is 0 Å². The lowest BCUT2D eigenvalue weighted by Gasteiger charge is -2.14. The van der Waals surface area contributed by atoms with Gasteiger partial charge in [-0.3, -0.25) is 14.5 Å². The van der Waals surface area contributed by atoms with Gasteiger partial charge in [-0.25, -0.2) is 0 Å². The molecular weight excluding hydrogens is 240 g/mol. The molecule has 1 aliphatic heterocycles. The number of nitrogens with one attached hydrogen (secondary N) is 1. The Labute approximate surface area is 103 Å². The number of nitrogens with zero attached hydrogens (tertiary/aromatic N) is 1. The Morgan fingerprint density at radius 1 is 1.65 bits per heavy atom. The minimum Gasteiger partial charge on any atom is -0.387 e. The summed E-state index contributed by atoms with van der Waals surface area (Å²) in [7, 11) is 1.47. The van der Waals surface area contributed by atoms with Crippen molar-refractivity contribution in [1.29, 1.82) is 0 Å². The highest BCUT2D eigenvalue weighted by Crippen LogP contribution is 2.16. The first-order chi connectivity index (χ1) is 8.09. The van der Waals surface area contributed by atoms with E-state index in [1.807, 2.05) is 16.8 Å². The Morgan fingerprint density at radius 3 is 2.94 bits per heavy atom. The van der Waals surface area contributed by atoms with Crippen molar-refractivity contribution in [3.63, 3.8) is 0 Å². The van der Waals surface area contributed by atoms with Crippen LogP contribution in [0.1, 0.15) is 18.1 Å². The minimum atomic E-state index is -0.643. The molecule has 6 heteroatoms. The van der Waals surface area contributed by atoms with Crippen molar-refractivity contribution in [3.05, 3.63) is 22.4 Å². The maximum Gasteiger partial charge on any atom is 0.246 e. The highest BCUT2D eigenvalue weighted by atomic mass is 32.1. The lowest BCUT2D eigenvalue weighted by molar-refractivity contribution is -0.137. The number of thiophene rings is 1. The number of amides is 2. The Kier molecular flexibility index (Phi) is 3.56. The summed E-state index contributed by atoms with van der Waals surface area (Å²) >= 11 is 1.51. The van der Waals surface area contributed by atoms with Crippen molar-refractivity contribution in [1.82, 2.24) is 10.2 Å². The third-order valence-electron chi connectivity index (χ3n) is 2.87. The lowest BCUT2D eigenvalue weighted by atomic mass is 10.2. The third-order valence-corrected chi connectivity index (χ3v) is 3.57. The number of aliphatic hydroxyl groups is 1. The van der Waals surface area contributed by atoms with Gasteiger partial charge >= 0.3 is 0 Å². The van der Waals surface area contributed by atoms with Crippen molar-refractivity contribution in [2.24, 2.45) is 0 Å². The molecule has 0 saturated carbocycles. The third kappa shape index (κ3) is 2.54. The standard InChI is InChI=1S/C11H14N2O3S/c1-13-10(15)4-8(11(13)16)12-5-9(14)7-2-3-17-6-7/h2-3,6,8-9,12,14H,4-5H2,1H3. The summed E-state index contributed by atoms with van der Waals surface area (Å²) in [5.41, 5.74) is 0.827. The fraction of sp³-hybridized carbons (Fsp3) is 0.455. The molecule has 0 bridgehead atoms. The molecule has 2 rings (SSSR count). The molecule has 1 saturated heterocycles. The second-order valence-electron chi connectivity index (χ2n) is 4.03. The zero-order valence-corrected chi connectivity index (χ0v) is 10.2. The van der Waals surface area contributed by atoms with Gasteiger partial charge in [0.25, 0.3) is 0 Å². The van der Waals surface area contributed by atoms with Crippen molar-refractivity contribution in [3.8, 4) is 0 Å². The molecule has 1 fully saturated rings. The molecule has 0 aromatic carbocycles. The molecule has 2 amide bonds. The van der Waals surface area contributed by atoms with E-state index in [0.29, 0.717) is 0 Å². The summed E-state index contributed by atoms with van der Waals surface area (Å²) < 4.78 is 0. The summed E-state index contributed by atoms with van der Waals surface area (Å²) in [4.78, 5) is 24.0. The first-order valence-corrected chi connectivity index (χ1v) is 6.28. The average Bonchev–Trinajstić information content (AvgIpc) is 2.91.